The van der Waals surface area contributed by atoms with E-state index in [1.165, 1.54) is 12.8 Å². The van der Waals surface area contributed by atoms with E-state index in [0.717, 1.165) is 42.0 Å². The van der Waals surface area contributed by atoms with Gasteiger partial charge in [0.05, 0.1) is 13.2 Å². The highest BCUT2D eigenvalue weighted by molar-refractivity contribution is 6.30. The molecule has 2 fully saturated rings. The number of carbonyl (C=O) groups excluding carboxylic acids is 1. The van der Waals surface area contributed by atoms with Crippen LogP contribution in [0.4, 0.5) is 0 Å². The van der Waals surface area contributed by atoms with E-state index in [0.29, 0.717) is 18.0 Å². The van der Waals surface area contributed by atoms with Gasteiger partial charge in [0.25, 0.3) is 0 Å². The van der Waals surface area contributed by atoms with Gasteiger partial charge in [0.15, 0.2) is 11.5 Å². The molecule has 0 spiro atoms. The van der Waals surface area contributed by atoms with E-state index < -0.39 is 0 Å². The Labute approximate surface area is 171 Å². The zero-order chi connectivity index (χ0) is 19.5. The van der Waals surface area contributed by atoms with E-state index in [9.17, 15) is 4.79 Å². The van der Waals surface area contributed by atoms with Crippen molar-refractivity contribution in [1.82, 2.24) is 4.90 Å². The molecule has 0 bridgehead atoms. The average molecular weight is 400 g/mol. The summed E-state index contributed by atoms with van der Waals surface area (Å²) in [5.74, 6) is 1.93. The largest absolute Gasteiger partial charge is 0.493 e. The van der Waals surface area contributed by atoms with Gasteiger partial charge in [-0.2, -0.15) is 0 Å². The summed E-state index contributed by atoms with van der Waals surface area (Å²) in [4.78, 5) is 14.5. The van der Waals surface area contributed by atoms with Crippen LogP contribution < -0.4 is 9.47 Å². The third-order valence-corrected chi connectivity index (χ3v) is 6.01. The number of rotatable bonds is 6. The average Bonchev–Trinajstić information content (AvgIpc) is 3.34. The lowest BCUT2D eigenvalue weighted by Gasteiger charge is -2.19. The fraction of sp³-hybridized carbons (Fsp3) is 0.435. The van der Waals surface area contributed by atoms with Crippen molar-refractivity contribution >= 4 is 17.5 Å². The Morgan fingerprint density at radius 1 is 1.07 bits per heavy atom. The molecule has 2 aromatic carbocycles. The summed E-state index contributed by atoms with van der Waals surface area (Å²) < 4.78 is 11.7. The summed E-state index contributed by atoms with van der Waals surface area (Å²) in [6.45, 7) is 1.34. The molecule has 5 heteroatoms. The normalized spacial score (nSPS) is 20.0. The number of likely N-dealkylation sites (tertiary alicyclic amines) is 1. The van der Waals surface area contributed by atoms with Gasteiger partial charge in [0.1, 0.15) is 0 Å². The van der Waals surface area contributed by atoms with Crippen LogP contribution in [0.15, 0.2) is 42.5 Å². The van der Waals surface area contributed by atoms with Gasteiger partial charge in [-0.15, -0.1) is 0 Å². The van der Waals surface area contributed by atoms with Gasteiger partial charge in [0.2, 0.25) is 5.91 Å². The zero-order valence-corrected chi connectivity index (χ0v) is 17.0. The smallest absolute Gasteiger partial charge is 0.223 e. The van der Waals surface area contributed by atoms with Crippen LogP contribution in [-0.4, -0.2) is 30.6 Å². The summed E-state index contributed by atoms with van der Waals surface area (Å²) in [5.41, 5.74) is 2.24. The Balaban J connectivity index is 1.47. The maximum absolute atomic E-state index is 12.6. The number of ether oxygens (including phenoxy) is 2. The second kappa shape index (κ2) is 8.44. The molecule has 0 radical (unpaired) electrons. The van der Waals surface area contributed by atoms with Gasteiger partial charge in [0, 0.05) is 30.5 Å². The maximum atomic E-state index is 12.6. The van der Waals surface area contributed by atoms with Crippen LogP contribution >= 0.6 is 11.6 Å². The first kappa shape index (κ1) is 19.1. The minimum atomic E-state index is 0.177. The van der Waals surface area contributed by atoms with Crippen LogP contribution in [-0.2, 0) is 11.3 Å². The second-order valence-electron chi connectivity index (χ2n) is 7.74. The van der Waals surface area contributed by atoms with E-state index in [1.54, 1.807) is 7.11 Å². The van der Waals surface area contributed by atoms with Crippen LogP contribution in [0.5, 0.6) is 11.5 Å². The first-order valence-electron chi connectivity index (χ1n) is 9.99. The van der Waals surface area contributed by atoms with Gasteiger partial charge in [-0.05, 0) is 61.1 Å². The fourth-order valence-electron chi connectivity index (χ4n) is 4.18. The zero-order valence-electron chi connectivity index (χ0n) is 16.2. The Morgan fingerprint density at radius 3 is 2.54 bits per heavy atom. The second-order valence-corrected chi connectivity index (χ2v) is 8.17. The summed E-state index contributed by atoms with van der Waals surface area (Å²) >= 11 is 5.96. The number of hydrogen-bond acceptors (Lipinski definition) is 3. The lowest BCUT2D eigenvalue weighted by molar-refractivity contribution is -0.128. The minimum Gasteiger partial charge on any atom is -0.493 e. The predicted molar refractivity (Wildman–Crippen MR) is 110 cm³/mol. The number of amides is 1. The van der Waals surface area contributed by atoms with Crippen molar-refractivity contribution in [1.29, 1.82) is 0 Å². The molecule has 0 N–H and O–H groups in total. The molecule has 1 amide bonds. The molecule has 1 saturated heterocycles. The van der Waals surface area contributed by atoms with Crippen LogP contribution in [0.2, 0.25) is 5.02 Å². The number of carbonyl (C=O) groups is 1. The lowest BCUT2D eigenvalue weighted by atomic mass is 9.98. The molecule has 1 heterocycles. The molecule has 1 aliphatic heterocycles. The summed E-state index contributed by atoms with van der Waals surface area (Å²) in [6, 6.07) is 13.8. The molecule has 148 valence electrons. The quantitative estimate of drug-likeness (QED) is 0.671. The van der Waals surface area contributed by atoms with Crippen molar-refractivity contribution in [3.63, 3.8) is 0 Å². The summed E-state index contributed by atoms with van der Waals surface area (Å²) in [5, 5.41) is 0.711. The highest BCUT2D eigenvalue weighted by Crippen LogP contribution is 2.37. The van der Waals surface area contributed by atoms with Crippen molar-refractivity contribution < 1.29 is 14.3 Å². The number of hydrogen-bond donors (Lipinski definition) is 0. The van der Waals surface area contributed by atoms with Gasteiger partial charge in [-0.25, -0.2) is 0 Å². The Bertz CT molecular complexity index is 830. The van der Waals surface area contributed by atoms with Crippen molar-refractivity contribution in [2.45, 2.75) is 50.7 Å². The molecule has 0 unspecified atom stereocenters. The summed E-state index contributed by atoms with van der Waals surface area (Å²) in [7, 11) is 1.67. The van der Waals surface area contributed by atoms with E-state index in [2.05, 4.69) is 12.1 Å². The first-order chi connectivity index (χ1) is 13.6. The van der Waals surface area contributed by atoms with Crippen molar-refractivity contribution in [3.05, 3.63) is 58.6 Å². The van der Waals surface area contributed by atoms with E-state index >= 15 is 0 Å². The van der Waals surface area contributed by atoms with Gasteiger partial charge < -0.3 is 14.4 Å². The molecule has 0 aromatic heterocycles. The monoisotopic (exact) mass is 399 g/mol. The number of halogens is 1. The first-order valence-corrected chi connectivity index (χ1v) is 10.4. The fourth-order valence-corrected chi connectivity index (χ4v) is 4.31. The third-order valence-electron chi connectivity index (χ3n) is 5.76. The number of nitrogens with zero attached hydrogens (tertiary/aromatic N) is 1. The minimum absolute atomic E-state index is 0.177. The molecule has 4 rings (SSSR count). The lowest BCUT2D eigenvalue weighted by Crippen LogP contribution is -2.24. The van der Waals surface area contributed by atoms with Crippen molar-refractivity contribution in [3.8, 4) is 11.5 Å². The summed E-state index contributed by atoms with van der Waals surface area (Å²) in [6.07, 6.45) is 5.46. The molecule has 2 aliphatic rings. The topological polar surface area (TPSA) is 38.8 Å². The number of methoxy groups -OCH3 is 1. The van der Waals surface area contributed by atoms with Crippen LogP contribution in [0.3, 0.4) is 0 Å². The van der Waals surface area contributed by atoms with Gasteiger partial charge in [-0.3, -0.25) is 4.79 Å². The highest BCUT2D eigenvalue weighted by atomic mass is 35.5. The van der Waals surface area contributed by atoms with Gasteiger partial charge in [-0.1, -0.05) is 29.8 Å². The standard InChI is InChI=1S/C23H26ClNO3/c1-27-21-11-8-17(12-22(21)28-20-4-2-3-5-20)18-13-23(26)25(15-18)14-16-6-9-19(24)10-7-16/h6-12,18,20H,2-5,13-15H2,1H3/t18-/m0/s1. The molecule has 28 heavy (non-hydrogen) atoms. The Hall–Kier alpha value is -2.20. The van der Waals surface area contributed by atoms with Crippen molar-refractivity contribution in [2.24, 2.45) is 0 Å². The molecule has 1 atom stereocenters. The Morgan fingerprint density at radius 2 is 1.82 bits per heavy atom. The number of benzene rings is 2. The van der Waals surface area contributed by atoms with Crippen molar-refractivity contribution in [2.75, 3.05) is 13.7 Å². The van der Waals surface area contributed by atoms with Crippen LogP contribution in [0, 0.1) is 0 Å². The van der Waals surface area contributed by atoms with E-state index in [4.69, 9.17) is 21.1 Å². The molecule has 1 saturated carbocycles. The SMILES string of the molecule is COc1ccc([C@H]2CC(=O)N(Cc3ccc(Cl)cc3)C2)cc1OC1CCCC1. The van der Waals surface area contributed by atoms with E-state index in [1.807, 2.05) is 35.2 Å². The predicted octanol–water partition coefficient (Wildman–Crippen LogP) is 5.19. The molecular weight excluding hydrogens is 374 g/mol. The highest BCUT2D eigenvalue weighted by Gasteiger charge is 2.31. The van der Waals surface area contributed by atoms with E-state index in [-0.39, 0.29) is 17.9 Å². The van der Waals surface area contributed by atoms with Gasteiger partial charge >= 0.3 is 0 Å². The maximum Gasteiger partial charge on any atom is 0.223 e. The molecule has 2 aromatic rings. The van der Waals surface area contributed by atoms with Crippen LogP contribution in [0.25, 0.3) is 0 Å². The third kappa shape index (κ3) is 4.27. The Kier molecular flexibility index (Phi) is 5.77. The molecular formula is C23H26ClNO3. The molecule has 4 nitrogen and oxygen atoms in total. The van der Waals surface area contributed by atoms with Crippen LogP contribution in [0.1, 0.15) is 49.1 Å². The molecule has 1 aliphatic carbocycles.